The molecular weight excluding hydrogens is 260 g/mol. The Labute approximate surface area is 116 Å². The first-order valence-electron chi connectivity index (χ1n) is 6.24. The van der Waals surface area contributed by atoms with Crippen LogP contribution in [0.1, 0.15) is 5.56 Å². The molecule has 3 rings (SSSR count). The molecule has 0 bridgehead atoms. The van der Waals surface area contributed by atoms with E-state index in [0.29, 0.717) is 5.82 Å². The number of aromatic nitrogens is 3. The first kappa shape index (κ1) is 12.2. The standard InChI is InChI=1S/C12H16N6S/c1-9-10(13)16-19-11(9)17-5-7-18(8-6-17)12-14-3-2-4-15-12/h2-4H,5-8H2,1H3,(H2,13,16). The van der Waals surface area contributed by atoms with Crippen LogP contribution >= 0.6 is 11.5 Å². The molecule has 0 unspecified atom stereocenters. The predicted octanol–water partition coefficient (Wildman–Crippen LogP) is 1.15. The van der Waals surface area contributed by atoms with Gasteiger partial charge in [0.2, 0.25) is 5.95 Å². The normalized spacial score (nSPS) is 15.8. The van der Waals surface area contributed by atoms with Gasteiger partial charge in [-0.3, -0.25) is 0 Å². The van der Waals surface area contributed by atoms with Crippen LogP contribution in [0.15, 0.2) is 18.5 Å². The van der Waals surface area contributed by atoms with Crippen LogP contribution in [0, 0.1) is 6.92 Å². The number of anilines is 3. The van der Waals surface area contributed by atoms with Gasteiger partial charge < -0.3 is 15.5 Å². The van der Waals surface area contributed by atoms with Crippen molar-refractivity contribution in [2.45, 2.75) is 6.92 Å². The van der Waals surface area contributed by atoms with Crippen LogP contribution < -0.4 is 15.5 Å². The summed E-state index contributed by atoms with van der Waals surface area (Å²) in [5, 5.41) is 1.19. The summed E-state index contributed by atoms with van der Waals surface area (Å²) in [6.07, 6.45) is 3.56. The highest BCUT2D eigenvalue weighted by Crippen LogP contribution is 2.30. The van der Waals surface area contributed by atoms with Crippen LogP contribution in [-0.2, 0) is 0 Å². The Morgan fingerprint density at radius 3 is 2.32 bits per heavy atom. The van der Waals surface area contributed by atoms with Crippen LogP contribution in [0.2, 0.25) is 0 Å². The second kappa shape index (κ2) is 5.00. The molecule has 1 aliphatic heterocycles. The summed E-state index contributed by atoms with van der Waals surface area (Å²) >= 11 is 1.48. The average molecular weight is 276 g/mol. The minimum absolute atomic E-state index is 0.647. The predicted molar refractivity (Wildman–Crippen MR) is 77.7 cm³/mol. The summed E-state index contributed by atoms with van der Waals surface area (Å²) in [5.41, 5.74) is 6.90. The molecule has 2 aromatic heterocycles. The monoisotopic (exact) mass is 276 g/mol. The molecule has 0 aromatic carbocycles. The molecule has 7 heteroatoms. The van der Waals surface area contributed by atoms with E-state index >= 15 is 0 Å². The van der Waals surface area contributed by atoms with Crippen molar-refractivity contribution in [2.75, 3.05) is 41.7 Å². The van der Waals surface area contributed by atoms with Crippen molar-refractivity contribution in [3.8, 4) is 0 Å². The van der Waals surface area contributed by atoms with Crippen molar-refractivity contribution in [1.29, 1.82) is 0 Å². The lowest BCUT2D eigenvalue weighted by molar-refractivity contribution is 0.642. The van der Waals surface area contributed by atoms with Crippen molar-refractivity contribution >= 4 is 28.3 Å². The molecule has 1 fully saturated rings. The molecule has 100 valence electrons. The second-order valence-corrected chi connectivity index (χ2v) is 5.27. The molecule has 2 N–H and O–H groups in total. The van der Waals surface area contributed by atoms with Gasteiger partial charge in [0.25, 0.3) is 0 Å². The Bertz CT molecular complexity index is 547. The zero-order valence-electron chi connectivity index (χ0n) is 10.8. The third-order valence-corrected chi connectivity index (χ3v) is 4.36. The smallest absolute Gasteiger partial charge is 0.225 e. The topological polar surface area (TPSA) is 71.2 Å². The lowest BCUT2D eigenvalue weighted by atomic mass is 10.3. The van der Waals surface area contributed by atoms with E-state index in [0.717, 1.165) is 37.7 Å². The Morgan fingerprint density at radius 2 is 1.74 bits per heavy atom. The van der Waals surface area contributed by atoms with Crippen molar-refractivity contribution < 1.29 is 0 Å². The van der Waals surface area contributed by atoms with E-state index in [1.807, 2.05) is 13.0 Å². The number of hydrogen-bond donors (Lipinski definition) is 1. The Hall–Kier alpha value is -1.89. The SMILES string of the molecule is Cc1c(N)nsc1N1CCN(c2ncccn2)CC1. The van der Waals surface area contributed by atoms with Gasteiger partial charge in [0.1, 0.15) is 10.8 Å². The fourth-order valence-corrected chi connectivity index (χ4v) is 3.06. The maximum atomic E-state index is 5.81. The number of nitrogens with two attached hydrogens (primary N) is 1. The van der Waals surface area contributed by atoms with E-state index in [2.05, 4.69) is 24.1 Å². The van der Waals surface area contributed by atoms with Crippen LogP contribution in [0.25, 0.3) is 0 Å². The second-order valence-electron chi connectivity index (χ2n) is 4.52. The van der Waals surface area contributed by atoms with Gasteiger partial charge in [-0.25, -0.2) is 9.97 Å². The third-order valence-electron chi connectivity index (χ3n) is 3.34. The van der Waals surface area contributed by atoms with Crippen LogP contribution in [0.3, 0.4) is 0 Å². The Morgan fingerprint density at radius 1 is 1.11 bits per heavy atom. The van der Waals surface area contributed by atoms with Gasteiger partial charge in [0.15, 0.2) is 0 Å². The molecular formula is C12H16N6S. The van der Waals surface area contributed by atoms with Crippen LogP contribution in [0.5, 0.6) is 0 Å². The number of nitrogen functional groups attached to an aromatic ring is 1. The van der Waals surface area contributed by atoms with Crippen molar-refractivity contribution in [1.82, 2.24) is 14.3 Å². The highest BCUT2D eigenvalue weighted by Gasteiger charge is 2.22. The van der Waals surface area contributed by atoms with Gasteiger partial charge >= 0.3 is 0 Å². The summed E-state index contributed by atoms with van der Waals surface area (Å²) in [4.78, 5) is 13.1. The zero-order chi connectivity index (χ0) is 13.2. The van der Waals surface area contributed by atoms with E-state index in [1.165, 1.54) is 16.5 Å². The largest absolute Gasteiger partial charge is 0.383 e. The molecule has 0 aliphatic carbocycles. The summed E-state index contributed by atoms with van der Waals surface area (Å²) in [6, 6.07) is 1.84. The molecule has 19 heavy (non-hydrogen) atoms. The molecule has 2 aromatic rings. The summed E-state index contributed by atoms with van der Waals surface area (Å²) in [5.74, 6) is 1.46. The van der Waals surface area contributed by atoms with Crippen molar-refractivity contribution in [3.05, 3.63) is 24.0 Å². The molecule has 0 spiro atoms. The Kier molecular flexibility index (Phi) is 3.20. The van der Waals surface area contributed by atoms with Crippen molar-refractivity contribution in [3.63, 3.8) is 0 Å². The molecule has 0 amide bonds. The minimum atomic E-state index is 0.647. The molecule has 0 saturated carbocycles. The van der Waals surface area contributed by atoms with Crippen LogP contribution in [-0.4, -0.2) is 40.5 Å². The van der Waals surface area contributed by atoms with E-state index in [-0.39, 0.29) is 0 Å². The number of nitrogens with zero attached hydrogens (tertiary/aromatic N) is 5. The number of rotatable bonds is 2. The van der Waals surface area contributed by atoms with E-state index in [9.17, 15) is 0 Å². The third kappa shape index (κ3) is 2.33. The van der Waals surface area contributed by atoms with E-state index < -0.39 is 0 Å². The molecule has 1 saturated heterocycles. The van der Waals surface area contributed by atoms with E-state index in [1.54, 1.807) is 12.4 Å². The van der Waals surface area contributed by atoms with Crippen molar-refractivity contribution in [2.24, 2.45) is 0 Å². The van der Waals surface area contributed by atoms with Gasteiger partial charge in [0, 0.05) is 44.1 Å². The summed E-state index contributed by atoms with van der Waals surface area (Å²) in [6.45, 7) is 5.75. The first-order chi connectivity index (χ1) is 9.25. The maximum Gasteiger partial charge on any atom is 0.225 e. The number of hydrogen-bond acceptors (Lipinski definition) is 7. The highest BCUT2D eigenvalue weighted by molar-refractivity contribution is 7.10. The molecule has 1 aliphatic rings. The maximum absolute atomic E-state index is 5.81. The lowest BCUT2D eigenvalue weighted by Gasteiger charge is -2.35. The minimum Gasteiger partial charge on any atom is -0.383 e. The van der Waals surface area contributed by atoms with Gasteiger partial charge in [-0.05, 0) is 24.5 Å². The molecule has 3 heterocycles. The van der Waals surface area contributed by atoms with Crippen LogP contribution in [0.4, 0.5) is 16.8 Å². The summed E-state index contributed by atoms with van der Waals surface area (Å²) < 4.78 is 4.21. The fraction of sp³-hybridized carbons (Fsp3) is 0.417. The average Bonchev–Trinajstić information content (AvgIpc) is 2.80. The lowest BCUT2D eigenvalue weighted by Crippen LogP contribution is -2.47. The number of piperazine rings is 1. The fourth-order valence-electron chi connectivity index (χ4n) is 2.20. The van der Waals surface area contributed by atoms with E-state index in [4.69, 9.17) is 5.73 Å². The first-order valence-corrected chi connectivity index (χ1v) is 7.01. The van der Waals surface area contributed by atoms with Gasteiger partial charge in [-0.15, -0.1) is 0 Å². The highest BCUT2D eigenvalue weighted by atomic mass is 32.1. The Balaban J connectivity index is 1.68. The van der Waals surface area contributed by atoms with Gasteiger partial charge in [-0.1, -0.05) is 0 Å². The molecule has 0 radical (unpaired) electrons. The van der Waals surface area contributed by atoms with Gasteiger partial charge in [0.05, 0.1) is 0 Å². The molecule has 0 atom stereocenters. The van der Waals surface area contributed by atoms with Gasteiger partial charge in [-0.2, -0.15) is 4.37 Å². The summed E-state index contributed by atoms with van der Waals surface area (Å²) in [7, 11) is 0. The quantitative estimate of drug-likeness (QED) is 0.887. The molecule has 6 nitrogen and oxygen atoms in total. The zero-order valence-corrected chi connectivity index (χ0v) is 11.6.